The first kappa shape index (κ1) is 10.4. The van der Waals surface area contributed by atoms with Crippen molar-refractivity contribution in [3.8, 4) is 0 Å². The molecule has 1 aromatic heterocycles. The van der Waals surface area contributed by atoms with Crippen molar-refractivity contribution in [3.63, 3.8) is 0 Å². The average molecular weight is 201 g/mol. The van der Waals surface area contributed by atoms with Crippen LogP contribution in [0.4, 0.5) is 0 Å². The zero-order valence-electron chi connectivity index (χ0n) is 7.59. The highest BCUT2D eigenvalue weighted by Crippen LogP contribution is 2.23. The number of aryl methyl sites for hydroxylation is 1. The number of rotatable bonds is 4. The third kappa shape index (κ3) is 2.90. The highest BCUT2D eigenvalue weighted by molar-refractivity contribution is 6.29. The summed E-state index contributed by atoms with van der Waals surface area (Å²) in [7, 11) is 0. The van der Waals surface area contributed by atoms with Gasteiger partial charge in [0.15, 0.2) is 0 Å². The van der Waals surface area contributed by atoms with E-state index in [4.69, 9.17) is 16.0 Å². The van der Waals surface area contributed by atoms with Gasteiger partial charge in [0, 0.05) is 17.9 Å². The van der Waals surface area contributed by atoms with Gasteiger partial charge in [-0.1, -0.05) is 25.1 Å². The summed E-state index contributed by atoms with van der Waals surface area (Å²) in [5.74, 6) is 1.42. The second-order valence-corrected chi connectivity index (χ2v) is 3.43. The highest BCUT2D eigenvalue weighted by Gasteiger charge is 2.12. The van der Waals surface area contributed by atoms with Crippen LogP contribution in [0, 0.1) is 0 Å². The van der Waals surface area contributed by atoms with E-state index >= 15 is 0 Å². The third-order valence-corrected chi connectivity index (χ3v) is 1.93. The molecule has 1 aromatic rings. The van der Waals surface area contributed by atoms with E-state index in [1.165, 1.54) is 0 Å². The normalized spacial score (nSPS) is 12.8. The largest absolute Gasteiger partial charge is 0.463 e. The first-order valence-corrected chi connectivity index (χ1v) is 4.61. The summed E-state index contributed by atoms with van der Waals surface area (Å²) in [6, 6.07) is 3.62. The van der Waals surface area contributed by atoms with Crippen molar-refractivity contribution in [2.24, 2.45) is 0 Å². The maximum absolute atomic E-state index is 9.56. The van der Waals surface area contributed by atoms with Gasteiger partial charge in [-0.25, -0.2) is 0 Å². The molecule has 1 unspecified atom stereocenters. The Kier molecular flexibility index (Phi) is 3.58. The fourth-order valence-corrected chi connectivity index (χ4v) is 1.22. The molecular weight excluding hydrogens is 188 g/mol. The van der Waals surface area contributed by atoms with E-state index in [1.807, 2.05) is 13.0 Å². The minimum Gasteiger partial charge on any atom is -0.463 e. The number of furan rings is 1. The number of hydrogen-bond donors (Lipinski definition) is 1. The lowest BCUT2D eigenvalue weighted by Crippen LogP contribution is -1.94. The molecule has 0 aliphatic rings. The van der Waals surface area contributed by atoms with E-state index < -0.39 is 6.10 Å². The molecule has 0 aliphatic heterocycles. The molecule has 0 saturated carbocycles. The van der Waals surface area contributed by atoms with E-state index in [0.29, 0.717) is 17.2 Å². The molecule has 0 spiro atoms. The second kappa shape index (κ2) is 4.49. The molecule has 1 atom stereocenters. The van der Waals surface area contributed by atoms with Gasteiger partial charge in [0.05, 0.1) is 0 Å². The van der Waals surface area contributed by atoms with Gasteiger partial charge in [0.25, 0.3) is 0 Å². The number of aliphatic hydroxyl groups excluding tert-OH is 1. The highest BCUT2D eigenvalue weighted by atomic mass is 35.5. The summed E-state index contributed by atoms with van der Waals surface area (Å²) in [5.41, 5.74) is 0. The number of aliphatic hydroxyl groups is 1. The fourth-order valence-electron chi connectivity index (χ4n) is 1.07. The Morgan fingerprint density at radius 3 is 2.85 bits per heavy atom. The lowest BCUT2D eigenvalue weighted by molar-refractivity contribution is 0.150. The van der Waals surface area contributed by atoms with Crippen molar-refractivity contribution in [1.29, 1.82) is 0 Å². The molecular formula is C10H13ClO2. The second-order valence-electron chi connectivity index (χ2n) is 2.89. The Hall–Kier alpha value is -0.730. The summed E-state index contributed by atoms with van der Waals surface area (Å²) >= 11 is 5.57. The SMILES string of the molecule is C=C(Cl)CC(O)c1ccc(CC)o1. The Bertz CT molecular complexity index is 291. The lowest BCUT2D eigenvalue weighted by Gasteiger charge is -2.05. The maximum atomic E-state index is 9.56. The molecule has 1 rings (SSSR count). The molecule has 3 heteroatoms. The molecule has 0 radical (unpaired) electrons. The summed E-state index contributed by atoms with van der Waals surface area (Å²) in [4.78, 5) is 0. The van der Waals surface area contributed by atoms with Gasteiger partial charge in [-0.3, -0.25) is 0 Å². The van der Waals surface area contributed by atoms with Crippen LogP contribution in [0.25, 0.3) is 0 Å². The molecule has 0 saturated heterocycles. The van der Waals surface area contributed by atoms with Crippen LogP contribution in [0.2, 0.25) is 0 Å². The van der Waals surface area contributed by atoms with E-state index in [1.54, 1.807) is 6.07 Å². The molecule has 2 nitrogen and oxygen atoms in total. The van der Waals surface area contributed by atoms with Crippen molar-refractivity contribution in [3.05, 3.63) is 35.3 Å². The van der Waals surface area contributed by atoms with Gasteiger partial charge < -0.3 is 9.52 Å². The Labute approximate surface area is 82.8 Å². The van der Waals surface area contributed by atoms with Crippen LogP contribution >= 0.6 is 11.6 Å². The number of halogens is 1. The van der Waals surface area contributed by atoms with Gasteiger partial charge in [-0.2, -0.15) is 0 Å². The third-order valence-electron chi connectivity index (χ3n) is 1.77. The van der Waals surface area contributed by atoms with E-state index in [2.05, 4.69) is 6.58 Å². The minimum absolute atomic E-state index is 0.332. The summed E-state index contributed by atoms with van der Waals surface area (Å²) in [6.45, 7) is 5.51. The van der Waals surface area contributed by atoms with Gasteiger partial charge in [-0.15, -0.1) is 0 Å². The zero-order chi connectivity index (χ0) is 9.84. The minimum atomic E-state index is -0.676. The lowest BCUT2D eigenvalue weighted by atomic mass is 10.2. The number of hydrogen-bond acceptors (Lipinski definition) is 2. The molecule has 13 heavy (non-hydrogen) atoms. The van der Waals surface area contributed by atoms with E-state index in [0.717, 1.165) is 12.2 Å². The standard InChI is InChI=1S/C10H13ClO2/c1-3-8-4-5-10(13-8)9(12)6-7(2)11/h4-5,9,12H,2-3,6H2,1H3. The van der Waals surface area contributed by atoms with Crippen LogP contribution in [-0.4, -0.2) is 5.11 Å². The van der Waals surface area contributed by atoms with Crippen LogP contribution < -0.4 is 0 Å². The molecule has 0 aromatic carbocycles. The molecule has 0 fully saturated rings. The molecule has 0 bridgehead atoms. The Balaban J connectivity index is 2.65. The van der Waals surface area contributed by atoms with Crippen molar-refractivity contribution in [1.82, 2.24) is 0 Å². The first-order valence-electron chi connectivity index (χ1n) is 4.23. The van der Waals surface area contributed by atoms with Crippen LogP contribution in [0.15, 0.2) is 28.2 Å². The smallest absolute Gasteiger partial charge is 0.133 e. The van der Waals surface area contributed by atoms with Crippen molar-refractivity contribution < 1.29 is 9.52 Å². The van der Waals surface area contributed by atoms with Crippen LogP contribution in [0.1, 0.15) is 31.0 Å². The molecule has 0 aliphatic carbocycles. The molecule has 1 N–H and O–H groups in total. The summed E-state index contributed by atoms with van der Waals surface area (Å²) in [5, 5.41) is 9.99. The predicted octanol–water partition coefficient (Wildman–Crippen LogP) is 3.02. The van der Waals surface area contributed by atoms with E-state index in [-0.39, 0.29) is 0 Å². The van der Waals surface area contributed by atoms with Crippen LogP contribution in [-0.2, 0) is 6.42 Å². The van der Waals surface area contributed by atoms with Crippen LogP contribution in [0.5, 0.6) is 0 Å². The van der Waals surface area contributed by atoms with Crippen LogP contribution in [0.3, 0.4) is 0 Å². The van der Waals surface area contributed by atoms with Gasteiger partial charge in [0.1, 0.15) is 17.6 Å². The Morgan fingerprint density at radius 1 is 1.69 bits per heavy atom. The van der Waals surface area contributed by atoms with Gasteiger partial charge in [-0.05, 0) is 12.1 Å². The van der Waals surface area contributed by atoms with Crippen molar-refractivity contribution in [2.75, 3.05) is 0 Å². The Morgan fingerprint density at radius 2 is 2.38 bits per heavy atom. The van der Waals surface area contributed by atoms with Crippen molar-refractivity contribution >= 4 is 11.6 Å². The average Bonchev–Trinajstić information content (AvgIpc) is 2.50. The van der Waals surface area contributed by atoms with Crippen molar-refractivity contribution in [2.45, 2.75) is 25.9 Å². The van der Waals surface area contributed by atoms with Gasteiger partial charge in [0.2, 0.25) is 0 Å². The molecule has 0 amide bonds. The zero-order valence-corrected chi connectivity index (χ0v) is 8.34. The molecule has 72 valence electrons. The summed E-state index contributed by atoms with van der Waals surface area (Å²) in [6.07, 6.45) is 0.484. The fraction of sp³-hybridized carbons (Fsp3) is 0.400. The first-order chi connectivity index (χ1) is 6.13. The molecule has 1 heterocycles. The van der Waals surface area contributed by atoms with Gasteiger partial charge >= 0.3 is 0 Å². The van der Waals surface area contributed by atoms with E-state index in [9.17, 15) is 5.11 Å². The predicted molar refractivity (Wildman–Crippen MR) is 52.7 cm³/mol. The monoisotopic (exact) mass is 200 g/mol. The topological polar surface area (TPSA) is 33.4 Å². The summed E-state index contributed by atoms with van der Waals surface area (Å²) < 4.78 is 5.35. The maximum Gasteiger partial charge on any atom is 0.133 e. The quantitative estimate of drug-likeness (QED) is 0.811.